The Labute approximate surface area is 217 Å². The summed E-state index contributed by atoms with van der Waals surface area (Å²) < 4.78 is 8.28. The first-order valence-corrected chi connectivity index (χ1v) is 13.1. The normalized spacial score (nSPS) is 15.8. The van der Waals surface area contributed by atoms with E-state index in [0.29, 0.717) is 30.5 Å². The molecule has 1 aromatic heterocycles. The molecular weight excluding hydrogens is 470 g/mol. The smallest absolute Gasteiger partial charge is 0.227 e. The van der Waals surface area contributed by atoms with Gasteiger partial charge in [-0.15, -0.1) is 0 Å². The summed E-state index contributed by atoms with van der Waals surface area (Å²) in [6, 6.07) is 24.1. The number of carbonyl (C=O) groups excluding carboxylic acids is 1. The summed E-state index contributed by atoms with van der Waals surface area (Å²) in [6.07, 6.45) is 2.36. The molecule has 186 valence electrons. The average molecular weight is 502 g/mol. The summed E-state index contributed by atoms with van der Waals surface area (Å²) in [5.74, 6) is 2.57. The van der Waals surface area contributed by atoms with Gasteiger partial charge in [0.15, 0.2) is 0 Å². The largest absolute Gasteiger partial charge is 0.494 e. The quantitative estimate of drug-likeness (QED) is 0.228. The van der Waals surface area contributed by atoms with E-state index in [0.717, 1.165) is 47.7 Å². The molecule has 0 bridgehead atoms. The predicted molar refractivity (Wildman–Crippen MR) is 146 cm³/mol. The zero-order chi connectivity index (χ0) is 25.1. The molecule has 1 atom stereocenters. The molecule has 4 aromatic rings. The molecule has 1 fully saturated rings. The SMILES string of the molecule is CC(C)c1ccc(OCCCCn2c(C3CC(=O)N(c4cccc(Cl)c4)C3)nc3ccccc32)cc1. The van der Waals surface area contributed by atoms with E-state index in [2.05, 4.69) is 48.7 Å². The topological polar surface area (TPSA) is 47.4 Å². The number of benzene rings is 3. The number of fused-ring (bicyclic) bond motifs is 1. The third-order valence-corrected chi connectivity index (χ3v) is 7.12. The molecule has 0 spiro atoms. The Morgan fingerprint density at radius 1 is 1.03 bits per heavy atom. The zero-order valence-electron chi connectivity index (χ0n) is 20.9. The summed E-state index contributed by atoms with van der Waals surface area (Å²) in [7, 11) is 0. The first-order valence-electron chi connectivity index (χ1n) is 12.7. The molecule has 0 radical (unpaired) electrons. The average Bonchev–Trinajstić information content (AvgIpc) is 3.44. The van der Waals surface area contributed by atoms with E-state index in [9.17, 15) is 4.79 Å². The van der Waals surface area contributed by atoms with Gasteiger partial charge in [0.25, 0.3) is 0 Å². The van der Waals surface area contributed by atoms with Crippen LogP contribution in [-0.2, 0) is 11.3 Å². The molecule has 0 N–H and O–H groups in total. The maximum absolute atomic E-state index is 12.9. The van der Waals surface area contributed by atoms with Gasteiger partial charge in [0.05, 0.1) is 17.6 Å². The van der Waals surface area contributed by atoms with E-state index in [4.69, 9.17) is 21.3 Å². The fourth-order valence-electron chi connectivity index (χ4n) is 4.93. The fraction of sp³-hybridized carbons (Fsp3) is 0.333. The van der Waals surface area contributed by atoms with Gasteiger partial charge >= 0.3 is 0 Å². The van der Waals surface area contributed by atoms with Crippen molar-refractivity contribution >= 4 is 34.2 Å². The Morgan fingerprint density at radius 3 is 2.61 bits per heavy atom. The predicted octanol–water partition coefficient (Wildman–Crippen LogP) is 7.19. The van der Waals surface area contributed by atoms with Crippen molar-refractivity contribution in [3.63, 3.8) is 0 Å². The highest BCUT2D eigenvalue weighted by Gasteiger charge is 2.34. The molecule has 36 heavy (non-hydrogen) atoms. The molecule has 1 aliphatic heterocycles. The molecule has 1 saturated heterocycles. The van der Waals surface area contributed by atoms with Crippen molar-refractivity contribution in [1.82, 2.24) is 9.55 Å². The third-order valence-electron chi connectivity index (χ3n) is 6.89. The number of rotatable bonds is 9. The number of hydrogen-bond donors (Lipinski definition) is 0. The minimum atomic E-state index is 0.0413. The lowest BCUT2D eigenvalue weighted by atomic mass is 10.0. The first-order chi connectivity index (χ1) is 17.5. The van der Waals surface area contributed by atoms with Crippen molar-refractivity contribution in [3.05, 3.63) is 89.2 Å². The number of aromatic nitrogens is 2. The Bertz CT molecular complexity index is 1350. The summed E-state index contributed by atoms with van der Waals surface area (Å²) in [4.78, 5) is 19.7. The van der Waals surface area contributed by atoms with Crippen LogP contribution in [-0.4, -0.2) is 28.6 Å². The van der Waals surface area contributed by atoms with Crippen molar-refractivity contribution in [2.24, 2.45) is 0 Å². The number of halogens is 1. The maximum Gasteiger partial charge on any atom is 0.227 e. The Hall–Kier alpha value is -3.31. The third kappa shape index (κ3) is 5.26. The lowest BCUT2D eigenvalue weighted by Crippen LogP contribution is -2.24. The standard InChI is InChI=1S/C30H32ClN3O2/c1-21(2)22-12-14-26(15-13-22)36-17-6-5-16-33-28-11-4-3-10-27(28)32-30(33)23-18-29(35)34(20-23)25-9-7-8-24(31)19-25/h3-4,7-15,19,21,23H,5-6,16-18,20H2,1-2H3. The van der Waals surface area contributed by atoms with Crippen LogP contribution in [0.2, 0.25) is 5.02 Å². The summed E-state index contributed by atoms with van der Waals surface area (Å²) in [6.45, 7) is 6.51. The van der Waals surface area contributed by atoms with Gasteiger partial charge in [0.1, 0.15) is 11.6 Å². The Kier molecular flexibility index (Phi) is 7.28. The van der Waals surface area contributed by atoms with E-state index >= 15 is 0 Å². The van der Waals surface area contributed by atoms with Gasteiger partial charge in [-0.3, -0.25) is 4.79 Å². The van der Waals surface area contributed by atoms with E-state index in [1.54, 1.807) is 0 Å². The van der Waals surface area contributed by atoms with Gasteiger partial charge < -0.3 is 14.2 Å². The molecule has 1 aliphatic rings. The van der Waals surface area contributed by atoms with Crippen molar-refractivity contribution < 1.29 is 9.53 Å². The van der Waals surface area contributed by atoms with E-state index in [1.165, 1.54) is 5.56 Å². The van der Waals surface area contributed by atoms with Crippen LogP contribution in [0.3, 0.4) is 0 Å². The van der Waals surface area contributed by atoms with Gasteiger partial charge in [-0.1, -0.05) is 55.8 Å². The number of aryl methyl sites for hydroxylation is 1. The molecule has 1 amide bonds. The van der Waals surface area contributed by atoms with E-state index in [-0.39, 0.29) is 11.8 Å². The van der Waals surface area contributed by atoms with Gasteiger partial charge in [-0.2, -0.15) is 0 Å². The highest BCUT2D eigenvalue weighted by atomic mass is 35.5. The van der Waals surface area contributed by atoms with Crippen LogP contribution in [0.5, 0.6) is 5.75 Å². The minimum absolute atomic E-state index is 0.0413. The maximum atomic E-state index is 12.9. The van der Waals surface area contributed by atoms with Crippen LogP contribution >= 0.6 is 11.6 Å². The molecular formula is C30H32ClN3O2. The number of unbranched alkanes of at least 4 members (excludes halogenated alkanes) is 1. The fourth-order valence-corrected chi connectivity index (χ4v) is 5.11. The number of carbonyl (C=O) groups is 1. The molecule has 0 saturated carbocycles. The van der Waals surface area contributed by atoms with E-state index < -0.39 is 0 Å². The highest BCUT2D eigenvalue weighted by molar-refractivity contribution is 6.30. The number of imidazole rings is 1. The molecule has 5 nitrogen and oxygen atoms in total. The van der Waals surface area contributed by atoms with Crippen LogP contribution in [0.1, 0.15) is 56.3 Å². The molecule has 5 rings (SSSR count). The van der Waals surface area contributed by atoms with Crippen LogP contribution in [0.4, 0.5) is 5.69 Å². The van der Waals surface area contributed by atoms with Gasteiger partial charge in [-0.25, -0.2) is 4.98 Å². The molecule has 0 aliphatic carbocycles. The number of ether oxygens (including phenoxy) is 1. The number of nitrogens with zero attached hydrogens (tertiary/aromatic N) is 3. The van der Waals surface area contributed by atoms with Crippen molar-refractivity contribution in [3.8, 4) is 5.75 Å². The number of para-hydroxylation sites is 2. The first kappa shape index (κ1) is 24.4. The Balaban J connectivity index is 1.26. The van der Waals surface area contributed by atoms with Crippen LogP contribution in [0, 0.1) is 0 Å². The minimum Gasteiger partial charge on any atom is -0.494 e. The number of amides is 1. The van der Waals surface area contributed by atoms with Crippen molar-refractivity contribution in [2.75, 3.05) is 18.1 Å². The Morgan fingerprint density at radius 2 is 1.83 bits per heavy atom. The van der Waals surface area contributed by atoms with Gasteiger partial charge in [0.2, 0.25) is 5.91 Å². The molecule has 6 heteroatoms. The monoisotopic (exact) mass is 501 g/mol. The zero-order valence-corrected chi connectivity index (χ0v) is 21.6. The van der Waals surface area contributed by atoms with Gasteiger partial charge in [0, 0.05) is 36.1 Å². The molecule has 3 aromatic carbocycles. The van der Waals surface area contributed by atoms with Crippen molar-refractivity contribution in [1.29, 1.82) is 0 Å². The lowest BCUT2D eigenvalue weighted by Gasteiger charge is -2.18. The second-order valence-corrected chi connectivity index (χ2v) is 10.2. The second kappa shape index (κ2) is 10.8. The van der Waals surface area contributed by atoms with Gasteiger partial charge in [-0.05, 0) is 66.8 Å². The summed E-state index contributed by atoms with van der Waals surface area (Å²) in [5.41, 5.74) is 4.26. The van der Waals surface area contributed by atoms with Crippen LogP contribution in [0.25, 0.3) is 11.0 Å². The van der Waals surface area contributed by atoms with Crippen LogP contribution in [0.15, 0.2) is 72.8 Å². The summed E-state index contributed by atoms with van der Waals surface area (Å²) in [5, 5.41) is 0.633. The second-order valence-electron chi connectivity index (χ2n) is 9.77. The molecule has 2 heterocycles. The number of hydrogen-bond acceptors (Lipinski definition) is 3. The number of anilines is 1. The van der Waals surface area contributed by atoms with Crippen LogP contribution < -0.4 is 9.64 Å². The highest BCUT2D eigenvalue weighted by Crippen LogP contribution is 2.34. The lowest BCUT2D eigenvalue weighted by molar-refractivity contribution is -0.117. The van der Waals surface area contributed by atoms with Crippen molar-refractivity contribution in [2.45, 2.75) is 51.5 Å². The van der Waals surface area contributed by atoms with E-state index in [1.807, 2.05) is 47.4 Å². The summed E-state index contributed by atoms with van der Waals surface area (Å²) >= 11 is 6.18. The molecule has 1 unspecified atom stereocenters.